The van der Waals surface area contributed by atoms with Crippen LogP contribution in [-0.4, -0.2) is 18.6 Å². The molecule has 0 aliphatic carbocycles. The number of ether oxygens (including phenoxy) is 2. The Morgan fingerprint density at radius 2 is 1.78 bits per heavy atom. The fraction of sp³-hybridized carbons (Fsp3) is 0.435. The fourth-order valence-electron chi connectivity index (χ4n) is 2.75. The van der Waals surface area contributed by atoms with E-state index in [-0.39, 0.29) is 5.91 Å². The van der Waals surface area contributed by atoms with E-state index in [0.29, 0.717) is 12.2 Å². The highest BCUT2D eigenvalue weighted by Gasteiger charge is 2.18. The van der Waals surface area contributed by atoms with E-state index in [2.05, 4.69) is 12.2 Å². The maximum Gasteiger partial charge on any atom is 0.265 e. The van der Waals surface area contributed by atoms with Gasteiger partial charge in [0.25, 0.3) is 5.91 Å². The number of hydrogen-bond acceptors (Lipinski definition) is 3. The summed E-state index contributed by atoms with van der Waals surface area (Å²) < 4.78 is 11.6. The van der Waals surface area contributed by atoms with Crippen molar-refractivity contribution < 1.29 is 14.3 Å². The van der Waals surface area contributed by atoms with Crippen LogP contribution in [0.4, 0.5) is 5.69 Å². The quantitative estimate of drug-likeness (QED) is 0.513. The van der Waals surface area contributed by atoms with Crippen molar-refractivity contribution in [2.45, 2.75) is 59.0 Å². The van der Waals surface area contributed by atoms with Crippen LogP contribution < -0.4 is 14.8 Å². The van der Waals surface area contributed by atoms with Crippen molar-refractivity contribution in [3.8, 4) is 11.5 Å². The Kier molecular flexibility index (Phi) is 8.69. The standard InChI is InChI=1S/C23H31NO3/c1-4-6-7-8-16-26-20-14-12-19(13-15-20)24-23(25)22(5-2)27-21-11-9-10-18(3)17-21/h9-15,17,22H,4-8,16H2,1-3H3,(H,24,25)/t22-/m0/s1. The van der Waals surface area contributed by atoms with Crippen molar-refractivity contribution >= 4 is 11.6 Å². The molecule has 2 aromatic carbocycles. The number of aryl methyl sites for hydroxylation is 1. The van der Waals surface area contributed by atoms with E-state index in [0.717, 1.165) is 30.0 Å². The molecule has 0 aromatic heterocycles. The molecule has 1 atom stereocenters. The molecule has 0 aliphatic heterocycles. The van der Waals surface area contributed by atoms with Crippen LogP contribution in [0, 0.1) is 6.92 Å². The largest absolute Gasteiger partial charge is 0.494 e. The van der Waals surface area contributed by atoms with Crippen molar-refractivity contribution in [3.05, 3.63) is 54.1 Å². The smallest absolute Gasteiger partial charge is 0.265 e. The predicted octanol–water partition coefficient (Wildman–Crippen LogP) is 5.75. The first-order valence-electron chi connectivity index (χ1n) is 9.89. The normalized spacial score (nSPS) is 11.7. The highest BCUT2D eigenvalue weighted by Crippen LogP contribution is 2.19. The van der Waals surface area contributed by atoms with Crippen molar-refractivity contribution in [3.63, 3.8) is 0 Å². The number of anilines is 1. The van der Waals surface area contributed by atoms with Gasteiger partial charge in [-0.25, -0.2) is 0 Å². The molecule has 1 amide bonds. The lowest BCUT2D eigenvalue weighted by Crippen LogP contribution is -2.32. The topological polar surface area (TPSA) is 47.6 Å². The number of carbonyl (C=O) groups is 1. The first-order valence-corrected chi connectivity index (χ1v) is 9.89. The summed E-state index contributed by atoms with van der Waals surface area (Å²) in [5.74, 6) is 1.39. The van der Waals surface area contributed by atoms with Crippen LogP contribution in [-0.2, 0) is 4.79 Å². The van der Waals surface area contributed by atoms with Gasteiger partial charge in [-0.05, 0) is 61.7 Å². The lowest BCUT2D eigenvalue weighted by molar-refractivity contribution is -0.122. The molecule has 0 aliphatic rings. The highest BCUT2D eigenvalue weighted by atomic mass is 16.5. The molecule has 2 rings (SSSR count). The third kappa shape index (κ3) is 7.33. The Labute approximate surface area is 162 Å². The Hall–Kier alpha value is -2.49. The first-order chi connectivity index (χ1) is 13.1. The predicted molar refractivity (Wildman–Crippen MR) is 111 cm³/mol. The number of carbonyl (C=O) groups excluding carboxylic acids is 1. The first kappa shape index (κ1) is 20.8. The molecule has 27 heavy (non-hydrogen) atoms. The number of hydrogen-bond donors (Lipinski definition) is 1. The minimum absolute atomic E-state index is 0.146. The number of benzene rings is 2. The van der Waals surface area contributed by atoms with Crippen molar-refractivity contribution in [1.82, 2.24) is 0 Å². The zero-order chi connectivity index (χ0) is 19.5. The number of amides is 1. The molecule has 146 valence electrons. The Morgan fingerprint density at radius 1 is 1.00 bits per heavy atom. The van der Waals surface area contributed by atoms with Crippen molar-refractivity contribution in [2.75, 3.05) is 11.9 Å². The van der Waals surface area contributed by atoms with Gasteiger partial charge in [0, 0.05) is 5.69 Å². The van der Waals surface area contributed by atoms with E-state index >= 15 is 0 Å². The third-order valence-corrected chi connectivity index (χ3v) is 4.32. The van der Waals surface area contributed by atoms with E-state index in [1.807, 2.05) is 62.4 Å². The Bertz CT molecular complexity index is 697. The molecule has 0 heterocycles. The maximum atomic E-state index is 12.5. The molecule has 0 fully saturated rings. The molecular weight excluding hydrogens is 338 g/mol. The van der Waals surface area contributed by atoms with Gasteiger partial charge < -0.3 is 14.8 Å². The number of unbranched alkanes of at least 4 members (excludes halogenated alkanes) is 3. The molecule has 0 saturated carbocycles. The zero-order valence-electron chi connectivity index (χ0n) is 16.7. The van der Waals surface area contributed by atoms with Gasteiger partial charge >= 0.3 is 0 Å². The summed E-state index contributed by atoms with van der Waals surface area (Å²) >= 11 is 0. The van der Waals surface area contributed by atoms with Crippen LogP contribution in [0.3, 0.4) is 0 Å². The average Bonchev–Trinajstić information content (AvgIpc) is 2.67. The molecule has 0 radical (unpaired) electrons. The van der Waals surface area contributed by atoms with Gasteiger partial charge in [0.15, 0.2) is 6.10 Å². The SMILES string of the molecule is CCCCCCOc1ccc(NC(=O)[C@H](CC)Oc2cccc(C)c2)cc1. The van der Waals surface area contributed by atoms with Gasteiger partial charge in [-0.15, -0.1) is 0 Å². The van der Waals surface area contributed by atoms with Gasteiger partial charge in [0.2, 0.25) is 0 Å². The molecule has 0 bridgehead atoms. The maximum absolute atomic E-state index is 12.5. The fourth-order valence-corrected chi connectivity index (χ4v) is 2.75. The molecule has 0 spiro atoms. The van der Waals surface area contributed by atoms with E-state index in [4.69, 9.17) is 9.47 Å². The van der Waals surface area contributed by atoms with E-state index in [1.165, 1.54) is 19.3 Å². The summed E-state index contributed by atoms with van der Waals surface area (Å²) in [5, 5.41) is 2.92. The summed E-state index contributed by atoms with van der Waals surface area (Å²) in [6, 6.07) is 15.2. The molecule has 4 heteroatoms. The van der Waals surface area contributed by atoms with E-state index in [9.17, 15) is 4.79 Å². The van der Waals surface area contributed by atoms with Crippen LogP contribution in [0.15, 0.2) is 48.5 Å². The second-order valence-electron chi connectivity index (χ2n) is 6.75. The third-order valence-electron chi connectivity index (χ3n) is 4.32. The highest BCUT2D eigenvalue weighted by molar-refractivity contribution is 5.94. The Balaban J connectivity index is 1.84. The second-order valence-corrected chi connectivity index (χ2v) is 6.75. The number of nitrogens with one attached hydrogen (secondary N) is 1. The summed E-state index contributed by atoms with van der Waals surface area (Å²) in [5.41, 5.74) is 1.85. The van der Waals surface area contributed by atoms with Crippen molar-refractivity contribution in [2.24, 2.45) is 0 Å². The van der Waals surface area contributed by atoms with Crippen LogP contribution in [0.25, 0.3) is 0 Å². The minimum Gasteiger partial charge on any atom is -0.494 e. The van der Waals surface area contributed by atoms with E-state index < -0.39 is 6.10 Å². The molecular formula is C23H31NO3. The monoisotopic (exact) mass is 369 g/mol. The van der Waals surface area contributed by atoms with Crippen molar-refractivity contribution in [1.29, 1.82) is 0 Å². The average molecular weight is 370 g/mol. The van der Waals surface area contributed by atoms with Gasteiger partial charge in [-0.3, -0.25) is 4.79 Å². The van der Waals surface area contributed by atoms with Crippen LogP contribution in [0.2, 0.25) is 0 Å². The lowest BCUT2D eigenvalue weighted by Gasteiger charge is -2.17. The van der Waals surface area contributed by atoms with Gasteiger partial charge in [0.1, 0.15) is 11.5 Å². The van der Waals surface area contributed by atoms with Crippen LogP contribution in [0.5, 0.6) is 11.5 Å². The summed E-state index contributed by atoms with van der Waals surface area (Å²) in [6.45, 7) is 6.87. The Morgan fingerprint density at radius 3 is 2.44 bits per heavy atom. The molecule has 0 saturated heterocycles. The molecule has 4 nitrogen and oxygen atoms in total. The molecule has 1 N–H and O–H groups in total. The molecule has 0 unspecified atom stereocenters. The van der Waals surface area contributed by atoms with Crippen LogP contribution in [0.1, 0.15) is 51.5 Å². The van der Waals surface area contributed by atoms with E-state index in [1.54, 1.807) is 0 Å². The van der Waals surface area contributed by atoms with Gasteiger partial charge in [0.05, 0.1) is 6.61 Å². The summed E-state index contributed by atoms with van der Waals surface area (Å²) in [7, 11) is 0. The molecule has 2 aromatic rings. The summed E-state index contributed by atoms with van der Waals surface area (Å²) in [4.78, 5) is 12.5. The zero-order valence-corrected chi connectivity index (χ0v) is 16.7. The second kappa shape index (κ2) is 11.3. The minimum atomic E-state index is -0.527. The lowest BCUT2D eigenvalue weighted by atomic mass is 10.2. The van der Waals surface area contributed by atoms with Crippen LogP contribution >= 0.6 is 0 Å². The van der Waals surface area contributed by atoms with Gasteiger partial charge in [-0.2, -0.15) is 0 Å². The van der Waals surface area contributed by atoms with Gasteiger partial charge in [-0.1, -0.05) is 45.2 Å². The summed E-state index contributed by atoms with van der Waals surface area (Å²) in [6.07, 6.45) is 4.81. The number of rotatable bonds is 11.